The summed E-state index contributed by atoms with van der Waals surface area (Å²) in [7, 11) is 1.96. The molecule has 4 nitrogen and oxygen atoms in total. The first-order valence-corrected chi connectivity index (χ1v) is 9.55. The van der Waals surface area contributed by atoms with Crippen molar-refractivity contribution in [2.75, 3.05) is 13.6 Å². The Morgan fingerprint density at radius 1 is 1.32 bits per heavy atom. The van der Waals surface area contributed by atoms with E-state index in [2.05, 4.69) is 29.5 Å². The summed E-state index contributed by atoms with van der Waals surface area (Å²) in [6, 6.07) is 0.516. The van der Waals surface area contributed by atoms with Gasteiger partial charge in [0.15, 0.2) is 5.17 Å². The third-order valence-electron chi connectivity index (χ3n) is 5.91. The van der Waals surface area contributed by atoms with E-state index in [-0.39, 0.29) is 16.6 Å². The Kier molecular flexibility index (Phi) is 4.83. The highest BCUT2D eigenvalue weighted by Crippen LogP contribution is 2.47. The molecule has 0 aromatic rings. The first kappa shape index (κ1) is 16.3. The molecule has 1 amide bonds. The van der Waals surface area contributed by atoms with E-state index in [4.69, 9.17) is 0 Å². The van der Waals surface area contributed by atoms with Crippen LogP contribution in [-0.4, -0.2) is 35.5 Å². The van der Waals surface area contributed by atoms with Crippen LogP contribution in [0.3, 0.4) is 0 Å². The van der Waals surface area contributed by atoms with Gasteiger partial charge in [-0.3, -0.25) is 9.79 Å². The number of amides is 1. The van der Waals surface area contributed by atoms with Crippen molar-refractivity contribution in [1.29, 1.82) is 0 Å². The van der Waals surface area contributed by atoms with E-state index < -0.39 is 0 Å². The molecule has 5 heteroatoms. The molecular weight excluding hydrogens is 294 g/mol. The minimum absolute atomic E-state index is 0.165. The molecular formula is C17H29N3OS. The van der Waals surface area contributed by atoms with Gasteiger partial charge in [-0.15, -0.1) is 0 Å². The summed E-state index contributed by atoms with van der Waals surface area (Å²) in [4.78, 5) is 16.9. The van der Waals surface area contributed by atoms with Gasteiger partial charge in [0.05, 0.1) is 6.54 Å². The highest BCUT2D eigenvalue weighted by atomic mass is 32.2. The average molecular weight is 324 g/mol. The molecule has 2 fully saturated rings. The molecule has 0 spiro atoms. The molecule has 2 N–H and O–H groups in total. The topological polar surface area (TPSA) is 53.5 Å². The van der Waals surface area contributed by atoms with E-state index in [0.717, 1.165) is 36.4 Å². The lowest BCUT2D eigenvalue weighted by molar-refractivity contribution is -0.126. The lowest BCUT2D eigenvalue weighted by Crippen LogP contribution is -2.47. The van der Waals surface area contributed by atoms with E-state index in [9.17, 15) is 4.79 Å². The van der Waals surface area contributed by atoms with Crippen LogP contribution in [0.5, 0.6) is 0 Å². The average Bonchev–Trinajstić information content (AvgIpc) is 2.80. The summed E-state index contributed by atoms with van der Waals surface area (Å²) in [6.07, 6.45) is 7.29. The number of carbonyl (C=O) groups is 1. The third-order valence-corrected chi connectivity index (χ3v) is 7.23. The molecule has 2 saturated carbocycles. The molecule has 0 radical (unpaired) electrons. The molecule has 124 valence electrons. The molecule has 3 atom stereocenters. The van der Waals surface area contributed by atoms with Gasteiger partial charge in [-0.05, 0) is 45.1 Å². The van der Waals surface area contributed by atoms with Crippen LogP contribution >= 0.6 is 11.8 Å². The maximum Gasteiger partial charge on any atom is 0.229 e. The SMILES string of the molecule is CNC1CC(C(=O)NC2=NCC(C)([C@H]3CCCC[C@H]3C)S2)C1. The zero-order valence-electron chi connectivity index (χ0n) is 14.0. The van der Waals surface area contributed by atoms with Crippen LogP contribution in [0.4, 0.5) is 0 Å². The van der Waals surface area contributed by atoms with E-state index in [1.165, 1.54) is 25.7 Å². The number of hydrogen-bond donors (Lipinski definition) is 2. The summed E-state index contributed by atoms with van der Waals surface area (Å²) in [5, 5.41) is 7.17. The lowest BCUT2D eigenvalue weighted by atomic mass is 9.73. The summed E-state index contributed by atoms with van der Waals surface area (Å²) in [6.45, 7) is 5.58. The molecule has 3 aliphatic rings. The number of nitrogens with zero attached hydrogens (tertiary/aromatic N) is 1. The Hall–Kier alpha value is -0.550. The van der Waals surface area contributed by atoms with Gasteiger partial charge in [0.25, 0.3) is 0 Å². The minimum Gasteiger partial charge on any atom is -0.317 e. The minimum atomic E-state index is 0.165. The highest BCUT2D eigenvalue weighted by molar-refractivity contribution is 8.15. The van der Waals surface area contributed by atoms with E-state index in [0.29, 0.717) is 6.04 Å². The van der Waals surface area contributed by atoms with E-state index in [1.807, 2.05) is 18.8 Å². The van der Waals surface area contributed by atoms with Crippen molar-refractivity contribution in [3.05, 3.63) is 0 Å². The molecule has 0 aromatic heterocycles. The van der Waals surface area contributed by atoms with Crippen molar-refractivity contribution in [2.45, 2.75) is 63.2 Å². The molecule has 1 aliphatic heterocycles. The van der Waals surface area contributed by atoms with Crippen molar-refractivity contribution in [3.63, 3.8) is 0 Å². The first-order chi connectivity index (χ1) is 10.5. The molecule has 0 aromatic carbocycles. The number of aliphatic imine (C=N–C) groups is 1. The van der Waals surface area contributed by atoms with Crippen LogP contribution in [0.1, 0.15) is 52.4 Å². The van der Waals surface area contributed by atoms with Gasteiger partial charge in [0, 0.05) is 16.7 Å². The predicted molar refractivity (Wildman–Crippen MR) is 93.1 cm³/mol. The van der Waals surface area contributed by atoms with E-state index >= 15 is 0 Å². The predicted octanol–water partition coefficient (Wildman–Crippen LogP) is 2.79. The maximum absolute atomic E-state index is 12.3. The van der Waals surface area contributed by atoms with Gasteiger partial charge in [-0.1, -0.05) is 37.9 Å². The van der Waals surface area contributed by atoms with Gasteiger partial charge in [-0.25, -0.2) is 0 Å². The summed E-state index contributed by atoms with van der Waals surface area (Å²) >= 11 is 1.81. The maximum atomic E-state index is 12.3. The molecule has 3 rings (SSSR count). The van der Waals surface area contributed by atoms with Crippen molar-refractivity contribution in [3.8, 4) is 0 Å². The quantitative estimate of drug-likeness (QED) is 0.840. The Morgan fingerprint density at radius 3 is 2.73 bits per heavy atom. The van der Waals surface area contributed by atoms with Gasteiger partial charge in [-0.2, -0.15) is 0 Å². The fourth-order valence-corrected chi connectivity index (χ4v) is 5.62. The molecule has 0 bridgehead atoms. The number of amidine groups is 1. The van der Waals surface area contributed by atoms with Crippen LogP contribution in [0.15, 0.2) is 4.99 Å². The molecule has 22 heavy (non-hydrogen) atoms. The number of nitrogens with one attached hydrogen (secondary N) is 2. The van der Waals surface area contributed by atoms with Crippen LogP contribution in [0.2, 0.25) is 0 Å². The monoisotopic (exact) mass is 323 g/mol. The van der Waals surface area contributed by atoms with Crippen LogP contribution in [0, 0.1) is 17.8 Å². The van der Waals surface area contributed by atoms with Gasteiger partial charge in [0.2, 0.25) is 5.91 Å². The number of rotatable bonds is 3. The van der Waals surface area contributed by atoms with E-state index in [1.54, 1.807) is 0 Å². The second-order valence-corrected chi connectivity index (χ2v) is 9.07. The Balaban J connectivity index is 1.52. The highest BCUT2D eigenvalue weighted by Gasteiger charge is 2.44. The zero-order chi connectivity index (χ0) is 15.7. The number of hydrogen-bond acceptors (Lipinski definition) is 4. The molecule has 0 saturated heterocycles. The molecule has 1 unspecified atom stereocenters. The lowest BCUT2D eigenvalue weighted by Gasteiger charge is -2.40. The Labute approximate surface area is 138 Å². The molecule has 2 aliphatic carbocycles. The van der Waals surface area contributed by atoms with Crippen LogP contribution < -0.4 is 10.6 Å². The van der Waals surface area contributed by atoms with Gasteiger partial charge in [0.1, 0.15) is 0 Å². The number of thioether (sulfide) groups is 1. The van der Waals surface area contributed by atoms with Gasteiger partial charge >= 0.3 is 0 Å². The fraction of sp³-hybridized carbons (Fsp3) is 0.882. The smallest absolute Gasteiger partial charge is 0.229 e. The van der Waals surface area contributed by atoms with Crippen molar-refractivity contribution in [2.24, 2.45) is 22.7 Å². The van der Waals surface area contributed by atoms with Crippen molar-refractivity contribution < 1.29 is 4.79 Å². The summed E-state index contributed by atoms with van der Waals surface area (Å²) < 4.78 is 0.176. The van der Waals surface area contributed by atoms with Crippen LogP contribution in [0.25, 0.3) is 0 Å². The zero-order valence-corrected chi connectivity index (χ0v) is 14.8. The van der Waals surface area contributed by atoms with Crippen LogP contribution in [-0.2, 0) is 4.79 Å². The van der Waals surface area contributed by atoms with Crippen molar-refractivity contribution >= 4 is 22.8 Å². The largest absolute Gasteiger partial charge is 0.317 e. The number of carbonyl (C=O) groups excluding carboxylic acids is 1. The normalized spacial score (nSPS) is 41.7. The summed E-state index contributed by atoms with van der Waals surface area (Å²) in [5.74, 6) is 1.83. The third kappa shape index (κ3) is 3.21. The van der Waals surface area contributed by atoms with Crippen molar-refractivity contribution in [1.82, 2.24) is 10.6 Å². The summed E-state index contributed by atoms with van der Waals surface area (Å²) in [5.41, 5.74) is 0. The Morgan fingerprint density at radius 2 is 2.05 bits per heavy atom. The standard InChI is InChI=1S/C17H29N3OS/c1-11-6-4-5-7-14(11)17(2)10-19-16(22-17)20-15(21)12-8-13(9-12)18-3/h11-14,18H,4-10H2,1-3H3,(H,19,20,21)/t11-,12?,13?,14+,17?/m1/s1. The Bertz CT molecular complexity index is 461. The second kappa shape index (κ2) is 6.52. The fourth-order valence-electron chi connectivity index (χ4n) is 4.27. The first-order valence-electron chi connectivity index (χ1n) is 8.73. The molecule has 1 heterocycles. The van der Waals surface area contributed by atoms with Gasteiger partial charge < -0.3 is 10.6 Å². The second-order valence-electron chi connectivity index (χ2n) is 7.55.